The Morgan fingerprint density at radius 3 is 2.28 bits per heavy atom. The number of para-hydroxylation sites is 1. The van der Waals surface area contributed by atoms with Crippen LogP contribution in [0.4, 0.5) is 0 Å². The SMILES string of the molecule is N#Cc1c(CCCCCCc2cc(Br)cc(Br)c2)[nH]c2ccccc12. The molecule has 2 nitrogen and oxygen atoms in total. The van der Waals surface area contributed by atoms with Crippen LogP contribution in [0.1, 0.15) is 42.5 Å². The quantitative estimate of drug-likeness (QED) is 0.383. The standard InChI is InChI=1S/C21H20Br2N2/c22-16-11-15(12-17(23)13-16)7-3-1-2-4-9-21-19(14-24)18-8-5-6-10-20(18)25-21/h5-6,8,10-13,25H,1-4,7,9H2. The van der Waals surface area contributed by atoms with Crippen molar-refractivity contribution in [2.75, 3.05) is 0 Å². The van der Waals surface area contributed by atoms with E-state index >= 15 is 0 Å². The zero-order valence-corrected chi connectivity index (χ0v) is 17.2. The van der Waals surface area contributed by atoms with E-state index in [0.717, 1.165) is 50.4 Å². The molecule has 128 valence electrons. The number of halogens is 2. The molecule has 0 atom stereocenters. The molecule has 0 aliphatic rings. The van der Waals surface area contributed by atoms with Crippen LogP contribution < -0.4 is 0 Å². The van der Waals surface area contributed by atoms with Gasteiger partial charge in [0.2, 0.25) is 0 Å². The first-order chi connectivity index (χ1) is 12.2. The van der Waals surface area contributed by atoms with Gasteiger partial charge in [0.05, 0.1) is 5.56 Å². The van der Waals surface area contributed by atoms with Crippen LogP contribution in [0.5, 0.6) is 0 Å². The third-order valence-electron chi connectivity index (χ3n) is 4.46. The topological polar surface area (TPSA) is 39.6 Å². The highest BCUT2D eigenvalue weighted by molar-refractivity contribution is 9.11. The third kappa shape index (κ3) is 4.74. The fourth-order valence-electron chi connectivity index (χ4n) is 3.25. The monoisotopic (exact) mass is 458 g/mol. The van der Waals surface area contributed by atoms with Crippen LogP contribution in [0, 0.1) is 11.3 Å². The average Bonchev–Trinajstić information content (AvgIpc) is 2.94. The lowest BCUT2D eigenvalue weighted by atomic mass is 10.0. The summed E-state index contributed by atoms with van der Waals surface area (Å²) in [6, 6.07) is 16.9. The van der Waals surface area contributed by atoms with Crippen LogP contribution in [-0.2, 0) is 12.8 Å². The largest absolute Gasteiger partial charge is 0.357 e. The van der Waals surface area contributed by atoms with Gasteiger partial charge in [0.25, 0.3) is 0 Å². The number of hydrogen-bond acceptors (Lipinski definition) is 1. The molecular formula is C21H20Br2N2. The second kappa shape index (κ2) is 8.69. The Morgan fingerprint density at radius 1 is 0.880 bits per heavy atom. The number of nitriles is 1. The zero-order chi connectivity index (χ0) is 17.6. The van der Waals surface area contributed by atoms with Crippen molar-refractivity contribution in [2.24, 2.45) is 0 Å². The molecule has 0 radical (unpaired) electrons. The molecule has 0 unspecified atom stereocenters. The number of nitrogens with zero attached hydrogens (tertiary/aromatic N) is 1. The summed E-state index contributed by atoms with van der Waals surface area (Å²) < 4.78 is 2.25. The fraction of sp³-hybridized carbons (Fsp3) is 0.286. The second-order valence-electron chi connectivity index (χ2n) is 6.33. The Balaban J connectivity index is 1.47. The van der Waals surface area contributed by atoms with Crippen molar-refractivity contribution in [2.45, 2.75) is 38.5 Å². The Bertz CT molecular complexity index is 886. The number of aryl methyl sites for hydroxylation is 2. The fourth-order valence-corrected chi connectivity index (χ4v) is 4.64. The number of H-pyrrole nitrogens is 1. The molecule has 25 heavy (non-hydrogen) atoms. The molecule has 0 amide bonds. The van der Waals surface area contributed by atoms with Gasteiger partial charge in [-0.15, -0.1) is 0 Å². The van der Waals surface area contributed by atoms with Gasteiger partial charge in [-0.1, -0.05) is 62.9 Å². The maximum absolute atomic E-state index is 9.44. The van der Waals surface area contributed by atoms with Crippen molar-refractivity contribution in [3.05, 3.63) is 68.2 Å². The first-order valence-corrected chi connectivity index (χ1v) is 10.2. The van der Waals surface area contributed by atoms with Gasteiger partial charge in [0, 0.05) is 25.5 Å². The lowest BCUT2D eigenvalue weighted by Crippen LogP contribution is -1.91. The second-order valence-corrected chi connectivity index (χ2v) is 8.16. The van der Waals surface area contributed by atoms with Crippen molar-refractivity contribution < 1.29 is 0 Å². The molecule has 2 aromatic carbocycles. The minimum atomic E-state index is 0.814. The number of nitrogens with one attached hydrogen (secondary N) is 1. The number of aromatic amines is 1. The van der Waals surface area contributed by atoms with E-state index in [9.17, 15) is 5.26 Å². The smallest absolute Gasteiger partial charge is 0.102 e. The van der Waals surface area contributed by atoms with Crippen molar-refractivity contribution in [3.8, 4) is 6.07 Å². The Kier molecular flexibility index (Phi) is 6.34. The van der Waals surface area contributed by atoms with Crippen molar-refractivity contribution in [1.29, 1.82) is 5.26 Å². The van der Waals surface area contributed by atoms with Gasteiger partial charge in [-0.05, 0) is 55.5 Å². The molecule has 0 aliphatic carbocycles. The maximum Gasteiger partial charge on any atom is 0.102 e. The van der Waals surface area contributed by atoms with E-state index in [2.05, 4.69) is 61.1 Å². The van der Waals surface area contributed by atoms with Gasteiger partial charge in [0.1, 0.15) is 6.07 Å². The van der Waals surface area contributed by atoms with Gasteiger partial charge in [-0.3, -0.25) is 0 Å². The number of aromatic nitrogens is 1. The van der Waals surface area contributed by atoms with Crippen LogP contribution >= 0.6 is 31.9 Å². The summed E-state index contributed by atoms with van der Waals surface area (Å²) in [4.78, 5) is 3.41. The number of unbranched alkanes of at least 4 members (excludes halogenated alkanes) is 3. The van der Waals surface area contributed by atoms with E-state index < -0.39 is 0 Å². The minimum absolute atomic E-state index is 0.814. The predicted octanol–water partition coefficient (Wildman–Crippen LogP) is 6.91. The molecule has 0 bridgehead atoms. The third-order valence-corrected chi connectivity index (χ3v) is 5.38. The van der Waals surface area contributed by atoms with Crippen LogP contribution in [0.3, 0.4) is 0 Å². The van der Waals surface area contributed by atoms with Gasteiger partial charge in [-0.2, -0.15) is 5.26 Å². The predicted molar refractivity (Wildman–Crippen MR) is 111 cm³/mol. The molecule has 1 heterocycles. The van der Waals surface area contributed by atoms with Crippen molar-refractivity contribution in [3.63, 3.8) is 0 Å². The van der Waals surface area contributed by atoms with Crippen LogP contribution in [0.25, 0.3) is 10.9 Å². The lowest BCUT2D eigenvalue weighted by molar-refractivity contribution is 0.636. The molecule has 0 aliphatic heterocycles. The van der Waals surface area contributed by atoms with Crippen LogP contribution in [0.15, 0.2) is 51.4 Å². The molecule has 3 rings (SSSR count). The Hall–Kier alpha value is -1.57. The zero-order valence-electron chi connectivity index (χ0n) is 14.0. The summed E-state index contributed by atoms with van der Waals surface area (Å²) in [5.74, 6) is 0. The molecule has 1 aromatic heterocycles. The highest BCUT2D eigenvalue weighted by Crippen LogP contribution is 2.24. The number of rotatable bonds is 7. The minimum Gasteiger partial charge on any atom is -0.357 e. The molecule has 0 spiro atoms. The molecule has 1 N–H and O–H groups in total. The summed E-state index contributed by atoms with van der Waals surface area (Å²) in [7, 11) is 0. The van der Waals surface area contributed by atoms with Crippen molar-refractivity contribution >= 4 is 42.8 Å². The number of hydrogen-bond donors (Lipinski definition) is 1. The van der Waals surface area contributed by atoms with Gasteiger partial charge >= 0.3 is 0 Å². The lowest BCUT2D eigenvalue weighted by Gasteiger charge is -2.04. The van der Waals surface area contributed by atoms with E-state index in [4.69, 9.17) is 0 Å². The van der Waals surface area contributed by atoms with E-state index in [1.165, 1.54) is 24.8 Å². The summed E-state index contributed by atoms with van der Waals surface area (Å²) in [5.41, 5.74) is 4.33. The summed E-state index contributed by atoms with van der Waals surface area (Å²) in [6.45, 7) is 0. The van der Waals surface area contributed by atoms with Crippen molar-refractivity contribution in [1.82, 2.24) is 4.98 Å². The molecule has 0 saturated carbocycles. The van der Waals surface area contributed by atoms with E-state index in [0.29, 0.717) is 0 Å². The molecule has 0 saturated heterocycles. The Labute approximate surface area is 165 Å². The molecular weight excluding hydrogens is 440 g/mol. The highest BCUT2D eigenvalue weighted by atomic mass is 79.9. The highest BCUT2D eigenvalue weighted by Gasteiger charge is 2.10. The van der Waals surface area contributed by atoms with Crippen LogP contribution in [0.2, 0.25) is 0 Å². The van der Waals surface area contributed by atoms with E-state index in [1.807, 2.05) is 24.3 Å². The van der Waals surface area contributed by atoms with Gasteiger partial charge in [-0.25, -0.2) is 0 Å². The van der Waals surface area contributed by atoms with Gasteiger partial charge < -0.3 is 4.98 Å². The Morgan fingerprint density at radius 2 is 1.56 bits per heavy atom. The van der Waals surface area contributed by atoms with Gasteiger partial charge in [0.15, 0.2) is 0 Å². The molecule has 3 aromatic rings. The van der Waals surface area contributed by atoms with Crippen LogP contribution in [-0.4, -0.2) is 4.98 Å². The summed E-state index contributed by atoms with van der Waals surface area (Å²) in [6.07, 6.45) is 6.76. The summed E-state index contributed by atoms with van der Waals surface area (Å²) >= 11 is 7.08. The van der Waals surface area contributed by atoms with E-state index in [1.54, 1.807) is 0 Å². The first kappa shape index (κ1) is 18.2. The normalized spacial score (nSPS) is 10.9. The molecule has 0 fully saturated rings. The number of fused-ring (bicyclic) bond motifs is 1. The van der Waals surface area contributed by atoms with E-state index in [-0.39, 0.29) is 0 Å². The average molecular weight is 460 g/mol. The summed E-state index contributed by atoms with van der Waals surface area (Å²) in [5, 5.41) is 10.5. The maximum atomic E-state index is 9.44. The number of benzene rings is 2. The first-order valence-electron chi connectivity index (χ1n) is 8.62. The molecule has 4 heteroatoms.